The fraction of sp³-hybridized carbons (Fsp3) is 0.355. The SMILES string of the molecule is O=C([C@H]1CCCN(Cc2nc3ccccc3n2-c2cccc(Br)c2)C1)N1CCN(c2cccc(C(F)(F)F)c2)CC1. The van der Waals surface area contributed by atoms with Crippen LogP contribution < -0.4 is 4.90 Å². The number of piperidine rings is 1. The van der Waals surface area contributed by atoms with Gasteiger partial charge in [-0.15, -0.1) is 0 Å². The van der Waals surface area contributed by atoms with Gasteiger partial charge in [-0.25, -0.2) is 4.98 Å². The Morgan fingerprint density at radius 1 is 0.902 bits per heavy atom. The van der Waals surface area contributed by atoms with E-state index < -0.39 is 11.7 Å². The van der Waals surface area contributed by atoms with Crippen LogP contribution in [0.4, 0.5) is 18.9 Å². The molecule has 3 aromatic carbocycles. The van der Waals surface area contributed by atoms with Gasteiger partial charge in [-0.3, -0.25) is 14.3 Å². The van der Waals surface area contributed by atoms with Gasteiger partial charge in [0.15, 0.2) is 0 Å². The Bertz CT molecular complexity index is 1550. The van der Waals surface area contributed by atoms with Crippen molar-refractivity contribution in [2.45, 2.75) is 25.6 Å². The van der Waals surface area contributed by atoms with Gasteiger partial charge in [0.1, 0.15) is 5.82 Å². The summed E-state index contributed by atoms with van der Waals surface area (Å²) >= 11 is 3.59. The van der Waals surface area contributed by atoms with Gasteiger partial charge in [0.25, 0.3) is 0 Å². The highest BCUT2D eigenvalue weighted by atomic mass is 79.9. The van der Waals surface area contributed by atoms with Gasteiger partial charge in [-0.2, -0.15) is 13.2 Å². The highest BCUT2D eigenvalue weighted by Crippen LogP contribution is 2.32. The van der Waals surface area contributed by atoms with Crippen LogP contribution in [0.3, 0.4) is 0 Å². The van der Waals surface area contributed by atoms with E-state index in [1.165, 1.54) is 12.1 Å². The van der Waals surface area contributed by atoms with Gasteiger partial charge < -0.3 is 9.80 Å². The normalized spacial score (nSPS) is 18.7. The number of aromatic nitrogens is 2. The van der Waals surface area contributed by atoms with Crippen molar-refractivity contribution in [3.8, 4) is 5.69 Å². The van der Waals surface area contributed by atoms with E-state index in [9.17, 15) is 18.0 Å². The lowest BCUT2D eigenvalue weighted by atomic mass is 9.96. The number of carbonyl (C=O) groups is 1. The summed E-state index contributed by atoms with van der Waals surface area (Å²) in [6, 6.07) is 21.7. The molecule has 0 aliphatic carbocycles. The third-order valence-electron chi connectivity index (χ3n) is 8.05. The topological polar surface area (TPSA) is 44.6 Å². The lowest BCUT2D eigenvalue weighted by Gasteiger charge is -2.39. The van der Waals surface area contributed by atoms with Crippen molar-refractivity contribution in [3.63, 3.8) is 0 Å². The molecule has 2 saturated heterocycles. The van der Waals surface area contributed by atoms with Crippen LogP contribution in [0.5, 0.6) is 0 Å². The van der Waals surface area contributed by atoms with E-state index in [1.807, 2.05) is 40.1 Å². The van der Waals surface area contributed by atoms with Crippen LogP contribution in [-0.2, 0) is 17.5 Å². The molecule has 2 aliphatic rings. The summed E-state index contributed by atoms with van der Waals surface area (Å²) in [5.41, 5.74) is 2.91. The highest BCUT2D eigenvalue weighted by Gasteiger charge is 2.33. The number of imidazole rings is 1. The third-order valence-corrected chi connectivity index (χ3v) is 8.54. The maximum Gasteiger partial charge on any atom is 0.416 e. The van der Waals surface area contributed by atoms with Crippen molar-refractivity contribution in [1.82, 2.24) is 19.4 Å². The van der Waals surface area contributed by atoms with E-state index >= 15 is 0 Å². The Hall–Kier alpha value is -3.37. The first-order valence-electron chi connectivity index (χ1n) is 13.9. The van der Waals surface area contributed by atoms with Crippen LogP contribution in [0.15, 0.2) is 77.3 Å². The summed E-state index contributed by atoms with van der Waals surface area (Å²) < 4.78 is 42.7. The first kappa shape index (κ1) is 27.8. The number of alkyl halides is 3. The second-order valence-electron chi connectivity index (χ2n) is 10.8. The number of nitrogens with zero attached hydrogens (tertiary/aromatic N) is 5. The third kappa shape index (κ3) is 5.99. The molecule has 1 atom stereocenters. The second kappa shape index (κ2) is 11.5. The van der Waals surface area contributed by atoms with Crippen molar-refractivity contribution in [1.29, 1.82) is 0 Å². The Balaban J connectivity index is 1.12. The lowest BCUT2D eigenvalue weighted by molar-refractivity contribution is -0.138. The standard InChI is InChI=1S/C31H31BrF3N5O/c32-24-8-4-10-26(19-24)40-28-12-2-1-11-27(28)36-29(40)21-37-13-5-6-22(20-37)30(41)39-16-14-38(15-17-39)25-9-3-7-23(18-25)31(33,34)35/h1-4,7-12,18-19,22H,5-6,13-17,20-21H2/t22-/m0/s1. The van der Waals surface area contributed by atoms with Gasteiger partial charge in [-0.1, -0.05) is 40.2 Å². The molecule has 0 radical (unpaired) electrons. The van der Waals surface area contributed by atoms with E-state index in [1.54, 1.807) is 6.07 Å². The Labute approximate surface area is 245 Å². The highest BCUT2D eigenvalue weighted by molar-refractivity contribution is 9.10. The largest absolute Gasteiger partial charge is 0.416 e. The molecule has 6 rings (SSSR count). The number of para-hydroxylation sites is 2. The number of benzene rings is 3. The predicted molar refractivity (Wildman–Crippen MR) is 157 cm³/mol. The van der Waals surface area contributed by atoms with Crippen LogP contribution in [0.1, 0.15) is 24.2 Å². The minimum atomic E-state index is -4.37. The number of amides is 1. The first-order chi connectivity index (χ1) is 19.8. The molecule has 1 amide bonds. The van der Waals surface area contributed by atoms with Crippen LogP contribution in [0, 0.1) is 5.92 Å². The van der Waals surface area contributed by atoms with Crippen LogP contribution in [0.2, 0.25) is 0 Å². The zero-order chi connectivity index (χ0) is 28.6. The molecule has 0 spiro atoms. The first-order valence-corrected chi connectivity index (χ1v) is 14.7. The van der Waals surface area contributed by atoms with E-state index in [0.29, 0.717) is 45.0 Å². The average Bonchev–Trinajstić information content (AvgIpc) is 3.34. The van der Waals surface area contributed by atoms with Crippen molar-refractivity contribution in [2.24, 2.45) is 5.92 Å². The molecule has 2 aliphatic heterocycles. The van der Waals surface area contributed by atoms with Crippen molar-refractivity contribution in [3.05, 3.63) is 88.7 Å². The number of likely N-dealkylation sites (tertiary alicyclic amines) is 1. The smallest absolute Gasteiger partial charge is 0.368 e. The molecular weight excluding hydrogens is 595 g/mol. The average molecular weight is 627 g/mol. The van der Waals surface area contributed by atoms with Crippen LogP contribution in [-0.4, -0.2) is 64.5 Å². The van der Waals surface area contributed by atoms with Crippen LogP contribution in [0.25, 0.3) is 16.7 Å². The fourth-order valence-corrected chi connectivity index (χ4v) is 6.40. The number of carbonyl (C=O) groups excluding carboxylic acids is 1. The molecule has 1 aromatic heterocycles. The molecule has 41 heavy (non-hydrogen) atoms. The molecule has 4 aromatic rings. The Kier molecular flexibility index (Phi) is 7.78. The zero-order valence-corrected chi connectivity index (χ0v) is 24.1. The second-order valence-corrected chi connectivity index (χ2v) is 11.7. The van der Waals surface area contributed by atoms with Crippen molar-refractivity contribution in [2.75, 3.05) is 44.2 Å². The summed E-state index contributed by atoms with van der Waals surface area (Å²) in [4.78, 5) is 24.7. The molecule has 0 bridgehead atoms. The molecule has 2 fully saturated rings. The van der Waals surface area contributed by atoms with E-state index in [2.05, 4.69) is 43.6 Å². The minimum Gasteiger partial charge on any atom is -0.368 e. The van der Waals surface area contributed by atoms with Gasteiger partial charge in [0, 0.05) is 48.6 Å². The number of hydrogen-bond donors (Lipinski definition) is 0. The molecular formula is C31H31BrF3N5O. The number of halogens is 4. The minimum absolute atomic E-state index is 0.104. The summed E-state index contributed by atoms with van der Waals surface area (Å²) in [5, 5.41) is 0. The maximum atomic E-state index is 13.6. The molecule has 3 heterocycles. The number of hydrogen-bond acceptors (Lipinski definition) is 4. The lowest BCUT2D eigenvalue weighted by Crippen LogP contribution is -2.52. The fourth-order valence-electron chi connectivity index (χ4n) is 6.01. The van der Waals surface area contributed by atoms with Crippen LogP contribution >= 0.6 is 15.9 Å². The number of piperazine rings is 1. The summed E-state index contributed by atoms with van der Waals surface area (Å²) in [6.07, 6.45) is -2.61. The van der Waals surface area contributed by atoms with E-state index in [0.717, 1.165) is 52.5 Å². The van der Waals surface area contributed by atoms with Gasteiger partial charge in [-0.05, 0) is 67.9 Å². The summed E-state index contributed by atoms with van der Waals surface area (Å²) in [6.45, 7) is 4.23. The molecule has 0 N–H and O–H groups in total. The molecule has 214 valence electrons. The number of fused-ring (bicyclic) bond motifs is 1. The summed E-state index contributed by atoms with van der Waals surface area (Å²) in [5.74, 6) is 0.971. The Morgan fingerprint density at radius 3 is 2.44 bits per heavy atom. The molecule has 6 nitrogen and oxygen atoms in total. The monoisotopic (exact) mass is 625 g/mol. The maximum absolute atomic E-state index is 13.6. The predicted octanol–water partition coefficient (Wildman–Crippen LogP) is 6.37. The van der Waals surface area contributed by atoms with Gasteiger partial charge in [0.2, 0.25) is 5.91 Å². The molecule has 0 saturated carbocycles. The molecule has 10 heteroatoms. The number of rotatable bonds is 5. The van der Waals surface area contributed by atoms with E-state index in [4.69, 9.17) is 4.98 Å². The van der Waals surface area contributed by atoms with Gasteiger partial charge >= 0.3 is 6.18 Å². The van der Waals surface area contributed by atoms with Gasteiger partial charge in [0.05, 0.1) is 29.1 Å². The molecule has 0 unspecified atom stereocenters. The van der Waals surface area contributed by atoms with Crippen molar-refractivity contribution < 1.29 is 18.0 Å². The quantitative estimate of drug-likeness (QED) is 0.259. The summed E-state index contributed by atoms with van der Waals surface area (Å²) in [7, 11) is 0. The zero-order valence-electron chi connectivity index (χ0n) is 22.5. The number of anilines is 1. The Morgan fingerprint density at radius 2 is 1.66 bits per heavy atom. The van der Waals surface area contributed by atoms with E-state index in [-0.39, 0.29) is 11.8 Å². The van der Waals surface area contributed by atoms with Crippen molar-refractivity contribution >= 4 is 38.6 Å².